The number of para-hydroxylation sites is 1. The Hall–Kier alpha value is -2.15. The van der Waals surface area contributed by atoms with Crippen LogP contribution in [0.25, 0.3) is 11.1 Å². The maximum atomic E-state index is 11.0. The maximum absolute atomic E-state index is 11.0. The number of nitrogens with one attached hydrogen (secondary N) is 1. The lowest BCUT2D eigenvalue weighted by molar-refractivity contribution is -0.383. The number of aromatic nitrogens is 1. The fraction of sp³-hybridized carbons (Fsp3) is 0.417. The van der Waals surface area contributed by atoms with Crippen LogP contribution < -0.4 is 10.2 Å². The third-order valence-electron chi connectivity index (χ3n) is 3.47. The molecule has 0 saturated carbocycles. The van der Waals surface area contributed by atoms with E-state index in [1.165, 1.54) is 6.07 Å². The van der Waals surface area contributed by atoms with E-state index in [0.717, 1.165) is 19.5 Å². The van der Waals surface area contributed by atoms with Gasteiger partial charge in [0.2, 0.25) is 0 Å². The first-order valence-electron chi connectivity index (χ1n) is 6.14. The van der Waals surface area contributed by atoms with Crippen molar-refractivity contribution < 1.29 is 9.34 Å². The van der Waals surface area contributed by atoms with E-state index in [2.05, 4.69) is 10.3 Å². The van der Waals surface area contributed by atoms with Gasteiger partial charge in [-0.2, -0.15) is 4.98 Å². The molecule has 0 spiro atoms. The predicted molar refractivity (Wildman–Crippen MR) is 70.3 cm³/mol. The molecule has 100 valence electrons. The van der Waals surface area contributed by atoms with E-state index in [1.807, 2.05) is 11.9 Å². The summed E-state index contributed by atoms with van der Waals surface area (Å²) < 4.78 is 5.62. The summed E-state index contributed by atoms with van der Waals surface area (Å²) in [5, 5.41) is 14.2. The van der Waals surface area contributed by atoms with Crippen molar-refractivity contribution in [1.82, 2.24) is 10.3 Å². The molecule has 0 bridgehead atoms. The topological polar surface area (TPSA) is 84.4 Å². The SMILES string of the molecule is CN(c1nc2c([N+](=O)[O-])cccc2o1)C1CCNC1. The number of nitro benzene ring substituents is 1. The van der Waals surface area contributed by atoms with Gasteiger partial charge in [-0.25, -0.2) is 0 Å². The summed E-state index contributed by atoms with van der Waals surface area (Å²) in [5.41, 5.74) is 0.729. The summed E-state index contributed by atoms with van der Waals surface area (Å²) in [6.07, 6.45) is 1.01. The van der Waals surface area contributed by atoms with Crippen LogP contribution in [0.5, 0.6) is 0 Å². The zero-order valence-electron chi connectivity index (χ0n) is 10.5. The molecule has 1 unspecified atom stereocenters. The molecule has 1 aromatic carbocycles. The van der Waals surface area contributed by atoms with Crippen molar-refractivity contribution in [3.63, 3.8) is 0 Å². The average molecular weight is 262 g/mol. The Bertz CT molecular complexity index is 618. The zero-order valence-corrected chi connectivity index (χ0v) is 10.5. The molecule has 1 aromatic heterocycles. The van der Waals surface area contributed by atoms with E-state index in [9.17, 15) is 10.1 Å². The highest BCUT2D eigenvalue weighted by molar-refractivity contribution is 5.84. The van der Waals surface area contributed by atoms with E-state index >= 15 is 0 Å². The van der Waals surface area contributed by atoms with Gasteiger partial charge in [0.25, 0.3) is 11.7 Å². The van der Waals surface area contributed by atoms with Gasteiger partial charge in [-0.3, -0.25) is 10.1 Å². The predicted octanol–water partition coefficient (Wildman–Crippen LogP) is 1.53. The van der Waals surface area contributed by atoms with Gasteiger partial charge < -0.3 is 14.6 Å². The molecule has 19 heavy (non-hydrogen) atoms. The number of non-ortho nitro benzene ring substituents is 1. The lowest BCUT2D eigenvalue weighted by Crippen LogP contribution is -2.33. The van der Waals surface area contributed by atoms with Crippen molar-refractivity contribution in [2.75, 3.05) is 25.0 Å². The van der Waals surface area contributed by atoms with Gasteiger partial charge in [0, 0.05) is 25.7 Å². The molecule has 0 aliphatic carbocycles. The third kappa shape index (κ3) is 2.01. The first kappa shape index (κ1) is 11.9. The summed E-state index contributed by atoms with van der Waals surface area (Å²) in [6, 6.07) is 5.47. The number of nitro groups is 1. The van der Waals surface area contributed by atoms with Crippen molar-refractivity contribution in [3.8, 4) is 0 Å². The Kier molecular flexibility index (Phi) is 2.83. The number of anilines is 1. The van der Waals surface area contributed by atoms with E-state index in [0.29, 0.717) is 23.2 Å². The minimum absolute atomic E-state index is 0.0227. The van der Waals surface area contributed by atoms with Crippen LogP contribution in [0.1, 0.15) is 6.42 Å². The summed E-state index contributed by atoms with van der Waals surface area (Å²) in [7, 11) is 1.90. The van der Waals surface area contributed by atoms with Crippen molar-refractivity contribution in [2.24, 2.45) is 0 Å². The normalized spacial score (nSPS) is 18.9. The molecule has 3 rings (SSSR count). The maximum Gasteiger partial charge on any atom is 0.298 e. The number of fused-ring (bicyclic) bond motifs is 1. The van der Waals surface area contributed by atoms with E-state index < -0.39 is 4.92 Å². The summed E-state index contributed by atoms with van der Waals surface area (Å²) >= 11 is 0. The summed E-state index contributed by atoms with van der Waals surface area (Å²) in [4.78, 5) is 16.7. The Morgan fingerprint density at radius 1 is 1.58 bits per heavy atom. The Morgan fingerprint density at radius 3 is 3.11 bits per heavy atom. The fourth-order valence-electron chi connectivity index (χ4n) is 2.35. The second-order valence-electron chi connectivity index (χ2n) is 4.63. The van der Waals surface area contributed by atoms with Crippen LogP contribution in [-0.4, -0.2) is 36.1 Å². The molecule has 7 nitrogen and oxygen atoms in total. The molecule has 1 aliphatic heterocycles. The second-order valence-corrected chi connectivity index (χ2v) is 4.63. The van der Waals surface area contributed by atoms with Crippen LogP contribution in [-0.2, 0) is 0 Å². The second kappa shape index (κ2) is 4.51. The lowest BCUT2D eigenvalue weighted by Gasteiger charge is -2.21. The molecule has 7 heteroatoms. The monoisotopic (exact) mass is 262 g/mol. The van der Waals surface area contributed by atoms with E-state index in [4.69, 9.17) is 4.42 Å². The van der Waals surface area contributed by atoms with Crippen LogP contribution in [0.15, 0.2) is 22.6 Å². The molecule has 0 amide bonds. The molecule has 1 aliphatic rings. The molecular formula is C12H14N4O3. The lowest BCUT2D eigenvalue weighted by atomic mass is 10.2. The number of oxazole rings is 1. The highest BCUT2D eigenvalue weighted by Crippen LogP contribution is 2.29. The van der Waals surface area contributed by atoms with Crippen molar-refractivity contribution >= 4 is 22.8 Å². The zero-order chi connectivity index (χ0) is 13.4. The number of nitrogens with zero attached hydrogens (tertiary/aromatic N) is 3. The van der Waals surface area contributed by atoms with Gasteiger partial charge in [-0.15, -0.1) is 0 Å². The van der Waals surface area contributed by atoms with E-state index in [-0.39, 0.29) is 5.69 Å². The number of likely N-dealkylation sites (N-methyl/N-ethyl adjacent to an activating group) is 1. The molecule has 1 atom stereocenters. The number of hydrogen-bond acceptors (Lipinski definition) is 6. The Balaban J connectivity index is 2.01. The highest BCUT2D eigenvalue weighted by Gasteiger charge is 2.25. The van der Waals surface area contributed by atoms with Gasteiger partial charge >= 0.3 is 0 Å². The van der Waals surface area contributed by atoms with Crippen LogP contribution in [0.2, 0.25) is 0 Å². The largest absolute Gasteiger partial charge is 0.423 e. The third-order valence-corrected chi connectivity index (χ3v) is 3.47. The van der Waals surface area contributed by atoms with Crippen LogP contribution in [0.4, 0.5) is 11.7 Å². The summed E-state index contributed by atoms with van der Waals surface area (Å²) in [5.74, 6) is 0. The molecular weight excluding hydrogens is 248 g/mol. The Morgan fingerprint density at radius 2 is 2.42 bits per heavy atom. The van der Waals surface area contributed by atoms with Crippen LogP contribution in [0.3, 0.4) is 0 Å². The standard InChI is InChI=1S/C12H14N4O3/c1-15(8-5-6-13-7-8)12-14-11-9(16(17)18)3-2-4-10(11)19-12/h2-4,8,13H,5-7H2,1H3. The van der Waals surface area contributed by atoms with Crippen LogP contribution >= 0.6 is 0 Å². The number of hydrogen-bond donors (Lipinski definition) is 1. The van der Waals surface area contributed by atoms with Gasteiger partial charge in [-0.05, 0) is 19.0 Å². The number of benzene rings is 1. The smallest absolute Gasteiger partial charge is 0.298 e. The minimum atomic E-state index is -0.439. The van der Waals surface area contributed by atoms with Gasteiger partial charge in [0.1, 0.15) is 0 Å². The van der Waals surface area contributed by atoms with Gasteiger partial charge in [0.15, 0.2) is 11.1 Å². The van der Waals surface area contributed by atoms with Crippen molar-refractivity contribution in [3.05, 3.63) is 28.3 Å². The molecule has 2 heterocycles. The average Bonchev–Trinajstić information content (AvgIpc) is 3.06. The number of rotatable bonds is 3. The van der Waals surface area contributed by atoms with Gasteiger partial charge in [-0.1, -0.05) is 6.07 Å². The molecule has 0 radical (unpaired) electrons. The molecule has 1 fully saturated rings. The van der Waals surface area contributed by atoms with Crippen molar-refractivity contribution in [2.45, 2.75) is 12.5 Å². The Labute approximate surface area is 109 Å². The first-order chi connectivity index (χ1) is 9.16. The van der Waals surface area contributed by atoms with E-state index in [1.54, 1.807) is 12.1 Å². The first-order valence-corrected chi connectivity index (χ1v) is 6.14. The van der Waals surface area contributed by atoms with Crippen molar-refractivity contribution in [1.29, 1.82) is 0 Å². The van der Waals surface area contributed by atoms with Crippen LogP contribution in [0, 0.1) is 10.1 Å². The molecule has 1 N–H and O–H groups in total. The molecule has 1 saturated heterocycles. The molecule has 2 aromatic rings. The van der Waals surface area contributed by atoms with Gasteiger partial charge in [0.05, 0.1) is 4.92 Å². The highest BCUT2D eigenvalue weighted by atomic mass is 16.6. The minimum Gasteiger partial charge on any atom is -0.423 e. The summed E-state index contributed by atoms with van der Waals surface area (Å²) in [6.45, 7) is 1.84. The quantitative estimate of drug-likeness (QED) is 0.667. The fourth-order valence-corrected chi connectivity index (χ4v) is 2.35.